The van der Waals surface area contributed by atoms with Crippen LogP contribution in [-0.4, -0.2) is 45.7 Å². The van der Waals surface area contributed by atoms with E-state index in [0.29, 0.717) is 19.8 Å². The van der Waals surface area contributed by atoms with Gasteiger partial charge in [-0.2, -0.15) is 0 Å². The highest BCUT2D eigenvalue weighted by Gasteiger charge is 2.36. The second-order valence-corrected chi connectivity index (χ2v) is 5.19. The molecule has 1 unspecified atom stereocenters. The number of carbonyl (C=O) groups is 1. The first kappa shape index (κ1) is 14.5. The van der Waals surface area contributed by atoms with E-state index in [1.807, 2.05) is 13.8 Å². The Bertz CT molecular complexity index is 606. The van der Waals surface area contributed by atoms with Gasteiger partial charge in [0.1, 0.15) is 6.54 Å². The van der Waals surface area contributed by atoms with Crippen LogP contribution in [0, 0.1) is 0 Å². The molecular formula is C13H19N3O4. The number of amides is 1. The van der Waals surface area contributed by atoms with Crippen molar-refractivity contribution < 1.29 is 9.53 Å². The van der Waals surface area contributed by atoms with Crippen molar-refractivity contribution in [2.45, 2.75) is 32.4 Å². The van der Waals surface area contributed by atoms with Gasteiger partial charge in [-0.3, -0.25) is 19.1 Å². The number of morpholine rings is 1. The van der Waals surface area contributed by atoms with Crippen LogP contribution >= 0.6 is 0 Å². The van der Waals surface area contributed by atoms with Crippen LogP contribution in [0.25, 0.3) is 0 Å². The zero-order chi connectivity index (χ0) is 14.8. The molecule has 7 nitrogen and oxygen atoms in total. The van der Waals surface area contributed by atoms with Crippen molar-refractivity contribution in [3.05, 3.63) is 33.1 Å². The van der Waals surface area contributed by atoms with Crippen LogP contribution in [0.5, 0.6) is 0 Å². The molecule has 2 rings (SSSR count). The predicted octanol–water partition coefficient (Wildman–Crippen LogP) is -0.436. The molecule has 1 aliphatic heterocycles. The average molecular weight is 281 g/mol. The Morgan fingerprint density at radius 2 is 2.25 bits per heavy atom. The number of rotatable bonds is 3. The maximum Gasteiger partial charge on any atom is 0.328 e. The Morgan fingerprint density at radius 1 is 1.50 bits per heavy atom. The van der Waals surface area contributed by atoms with Gasteiger partial charge in [0, 0.05) is 18.8 Å². The molecule has 0 bridgehead atoms. The molecule has 1 aromatic rings. The minimum Gasteiger partial charge on any atom is -0.377 e. The van der Waals surface area contributed by atoms with Crippen molar-refractivity contribution in [3.63, 3.8) is 0 Å². The Balaban J connectivity index is 2.18. The summed E-state index contributed by atoms with van der Waals surface area (Å²) in [6.07, 6.45) is 2.11. The SMILES string of the molecule is CCC1(C)COCCN1C(=O)Cn1ccc(=O)[nH]c1=O. The van der Waals surface area contributed by atoms with E-state index in [4.69, 9.17) is 4.74 Å². The average Bonchev–Trinajstić information content (AvgIpc) is 2.42. The largest absolute Gasteiger partial charge is 0.377 e. The normalized spacial score (nSPS) is 22.8. The molecule has 0 aliphatic carbocycles. The molecule has 0 radical (unpaired) electrons. The summed E-state index contributed by atoms with van der Waals surface area (Å²) in [7, 11) is 0. The van der Waals surface area contributed by atoms with E-state index in [1.54, 1.807) is 4.90 Å². The van der Waals surface area contributed by atoms with Crippen molar-refractivity contribution in [1.82, 2.24) is 14.5 Å². The van der Waals surface area contributed by atoms with E-state index in [1.165, 1.54) is 16.8 Å². The number of nitrogens with one attached hydrogen (secondary N) is 1. The maximum atomic E-state index is 12.4. The lowest BCUT2D eigenvalue weighted by molar-refractivity contribution is -0.148. The fraction of sp³-hybridized carbons (Fsp3) is 0.615. The fourth-order valence-corrected chi connectivity index (χ4v) is 2.31. The van der Waals surface area contributed by atoms with Crippen molar-refractivity contribution in [3.8, 4) is 0 Å². The molecule has 1 amide bonds. The van der Waals surface area contributed by atoms with E-state index in [0.717, 1.165) is 6.42 Å². The number of ether oxygens (including phenoxy) is 1. The van der Waals surface area contributed by atoms with Gasteiger partial charge >= 0.3 is 5.69 Å². The monoisotopic (exact) mass is 281 g/mol. The highest BCUT2D eigenvalue weighted by molar-refractivity contribution is 5.77. The molecule has 0 aromatic carbocycles. The summed E-state index contributed by atoms with van der Waals surface area (Å²) in [5.41, 5.74) is -1.39. The third kappa shape index (κ3) is 2.82. The summed E-state index contributed by atoms with van der Waals surface area (Å²) in [4.78, 5) is 38.9. The molecule has 1 aromatic heterocycles. The van der Waals surface area contributed by atoms with Crippen molar-refractivity contribution in [1.29, 1.82) is 0 Å². The zero-order valence-electron chi connectivity index (χ0n) is 11.7. The maximum absolute atomic E-state index is 12.4. The molecule has 1 N–H and O–H groups in total. The second kappa shape index (κ2) is 5.62. The van der Waals surface area contributed by atoms with Crippen LogP contribution in [0.2, 0.25) is 0 Å². The molecular weight excluding hydrogens is 262 g/mol. The molecule has 20 heavy (non-hydrogen) atoms. The molecule has 110 valence electrons. The molecule has 1 fully saturated rings. The number of carbonyl (C=O) groups excluding carboxylic acids is 1. The van der Waals surface area contributed by atoms with Gasteiger partial charge in [0.25, 0.3) is 5.56 Å². The van der Waals surface area contributed by atoms with E-state index in [9.17, 15) is 14.4 Å². The van der Waals surface area contributed by atoms with E-state index in [2.05, 4.69) is 4.98 Å². The van der Waals surface area contributed by atoms with Gasteiger partial charge in [-0.25, -0.2) is 4.79 Å². The van der Waals surface area contributed by atoms with E-state index >= 15 is 0 Å². The first-order valence-corrected chi connectivity index (χ1v) is 6.64. The first-order chi connectivity index (χ1) is 9.46. The van der Waals surface area contributed by atoms with Gasteiger partial charge in [0.05, 0.1) is 18.8 Å². The van der Waals surface area contributed by atoms with Crippen LogP contribution in [0.4, 0.5) is 0 Å². The first-order valence-electron chi connectivity index (χ1n) is 6.64. The van der Waals surface area contributed by atoms with Gasteiger partial charge in [-0.15, -0.1) is 0 Å². The summed E-state index contributed by atoms with van der Waals surface area (Å²) in [6.45, 7) is 5.41. The summed E-state index contributed by atoms with van der Waals surface area (Å²) in [6, 6.07) is 1.23. The fourth-order valence-electron chi connectivity index (χ4n) is 2.31. The van der Waals surface area contributed by atoms with Gasteiger partial charge < -0.3 is 9.64 Å². The van der Waals surface area contributed by atoms with Gasteiger partial charge in [0.15, 0.2) is 0 Å². The number of H-pyrrole nitrogens is 1. The minimum atomic E-state index is -0.572. The van der Waals surface area contributed by atoms with Crippen LogP contribution < -0.4 is 11.2 Å². The molecule has 7 heteroatoms. The molecule has 1 atom stereocenters. The molecule has 0 spiro atoms. The summed E-state index contributed by atoms with van der Waals surface area (Å²) >= 11 is 0. The number of nitrogens with zero attached hydrogens (tertiary/aromatic N) is 2. The quantitative estimate of drug-likeness (QED) is 0.814. The molecule has 1 aliphatic rings. The van der Waals surface area contributed by atoms with Crippen molar-refractivity contribution in [2.24, 2.45) is 0 Å². The van der Waals surface area contributed by atoms with Crippen LogP contribution in [0.3, 0.4) is 0 Å². The summed E-state index contributed by atoms with van der Waals surface area (Å²) in [5.74, 6) is -0.146. The third-order valence-electron chi connectivity index (χ3n) is 3.79. The number of aromatic amines is 1. The second-order valence-electron chi connectivity index (χ2n) is 5.19. The number of hydrogen-bond donors (Lipinski definition) is 1. The minimum absolute atomic E-state index is 0.0782. The zero-order valence-corrected chi connectivity index (χ0v) is 11.7. The Morgan fingerprint density at radius 3 is 2.90 bits per heavy atom. The van der Waals surface area contributed by atoms with Crippen molar-refractivity contribution >= 4 is 5.91 Å². The van der Waals surface area contributed by atoms with E-state index < -0.39 is 11.2 Å². The summed E-state index contributed by atoms with van der Waals surface area (Å²) < 4.78 is 6.64. The van der Waals surface area contributed by atoms with Crippen molar-refractivity contribution in [2.75, 3.05) is 19.8 Å². The van der Waals surface area contributed by atoms with Crippen LogP contribution in [0.15, 0.2) is 21.9 Å². The Labute approximate surface area is 116 Å². The smallest absolute Gasteiger partial charge is 0.328 e. The highest BCUT2D eigenvalue weighted by atomic mass is 16.5. The topological polar surface area (TPSA) is 84.4 Å². The summed E-state index contributed by atoms with van der Waals surface area (Å²) in [5, 5.41) is 0. The van der Waals surface area contributed by atoms with Gasteiger partial charge in [0.2, 0.25) is 5.91 Å². The lowest BCUT2D eigenvalue weighted by Gasteiger charge is -2.44. The van der Waals surface area contributed by atoms with Gasteiger partial charge in [-0.05, 0) is 13.3 Å². The Kier molecular flexibility index (Phi) is 4.08. The lowest BCUT2D eigenvalue weighted by Crippen LogP contribution is -2.58. The molecule has 0 saturated carbocycles. The predicted molar refractivity (Wildman–Crippen MR) is 72.6 cm³/mol. The van der Waals surface area contributed by atoms with Crippen LogP contribution in [0.1, 0.15) is 20.3 Å². The van der Waals surface area contributed by atoms with Crippen LogP contribution in [-0.2, 0) is 16.1 Å². The highest BCUT2D eigenvalue weighted by Crippen LogP contribution is 2.23. The van der Waals surface area contributed by atoms with Gasteiger partial charge in [-0.1, -0.05) is 6.92 Å². The third-order valence-corrected chi connectivity index (χ3v) is 3.79. The number of hydrogen-bond acceptors (Lipinski definition) is 4. The lowest BCUT2D eigenvalue weighted by atomic mass is 9.96. The standard InChI is InChI=1S/C13H19N3O4/c1-3-13(2)9-20-7-6-16(13)11(18)8-15-5-4-10(17)14-12(15)19/h4-5H,3,6-9H2,1-2H3,(H,14,17,19). The molecule has 1 saturated heterocycles. The molecule has 2 heterocycles. The number of aromatic nitrogens is 2. The Hall–Kier alpha value is -1.89. The van der Waals surface area contributed by atoms with E-state index in [-0.39, 0.29) is 18.0 Å².